The van der Waals surface area contributed by atoms with Gasteiger partial charge in [-0.1, -0.05) is 0 Å². The van der Waals surface area contributed by atoms with Crippen molar-refractivity contribution in [2.45, 2.75) is 76.0 Å². The second kappa shape index (κ2) is 27.1. The molecule has 19 nitrogen and oxygen atoms in total. The highest BCUT2D eigenvalue weighted by Gasteiger charge is 2.45. The predicted octanol–water partition coefficient (Wildman–Crippen LogP) is -4.46. The molecule has 0 aliphatic carbocycles. The standard InChI is InChI=1S/C30H59N3O16/c1-20(37)24(18-35)48-29(23(17-34)31-21(2)38)46-15-13-44-11-9-42-7-5-33(4)6-8-43-10-12-45-14-16-47-30-26(32-22(3)39)28(41)27(40)25(19-36)49-30/h20,23-30,34-37,40-41H,5-19H2,1-4H3,(H,31,38)(H,32,39)/t20-,23+,24?,25?,26?,27?,28?,29?,30?/m1/s1. The SMILES string of the molecule is CC(=O)NC1C(OCCOCCOCCN(C)CCOCCOCCOC(OC(CO)[C@@H](C)O)[C@H](CO)NC(C)=O)OC(CO)C(O)C1O. The quantitative estimate of drug-likeness (QED) is 0.0268. The Morgan fingerprint density at radius 3 is 1.84 bits per heavy atom. The lowest BCUT2D eigenvalue weighted by Gasteiger charge is -2.42. The van der Waals surface area contributed by atoms with Crippen molar-refractivity contribution in [2.24, 2.45) is 0 Å². The zero-order valence-corrected chi connectivity index (χ0v) is 29.0. The number of aliphatic hydroxyl groups is 6. The molecule has 19 heteroatoms. The van der Waals surface area contributed by atoms with E-state index in [0.29, 0.717) is 52.7 Å². The smallest absolute Gasteiger partial charge is 0.217 e. The minimum atomic E-state index is -1.38. The van der Waals surface area contributed by atoms with E-state index >= 15 is 0 Å². The van der Waals surface area contributed by atoms with Crippen molar-refractivity contribution in [3.8, 4) is 0 Å². The van der Waals surface area contributed by atoms with Gasteiger partial charge in [0, 0.05) is 26.9 Å². The maximum atomic E-state index is 11.5. The summed E-state index contributed by atoms with van der Waals surface area (Å²) in [6.07, 6.45) is -7.95. The first-order chi connectivity index (χ1) is 23.4. The fourth-order valence-electron chi connectivity index (χ4n) is 4.45. The third kappa shape index (κ3) is 19.5. The number of hydrogen-bond donors (Lipinski definition) is 8. The van der Waals surface area contributed by atoms with Gasteiger partial charge in [0.25, 0.3) is 0 Å². The fraction of sp³-hybridized carbons (Fsp3) is 0.933. The zero-order valence-electron chi connectivity index (χ0n) is 29.0. The first kappa shape index (κ1) is 45.4. The molecule has 1 rings (SSSR count). The molecule has 1 heterocycles. The topological polar surface area (TPSA) is 257 Å². The van der Waals surface area contributed by atoms with Crippen molar-refractivity contribution in [1.29, 1.82) is 0 Å². The number of carbonyl (C=O) groups is 2. The van der Waals surface area contributed by atoms with Crippen LogP contribution in [0.4, 0.5) is 0 Å². The van der Waals surface area contributed by atoms with Crippen molar-refractivity contribution < 1.29 is 78.1 Å². The third-order valence-corrected chi connectivity index (χ3v) is 7.19. The van der Waals surface area contributed by atoms with Crippen LogP contribution in [0.15, 0.2) is 0 Å². The molecule has 0 aromatic heterocycles. The Hall–Kier alpha value is -1.66. The van der Waals surface area contributed by atoms with Crippen LogP contribution in [0.2, 0.25) is 0 Å². The molecule has 2 amide bonds. The summed E-state index contributed by atoms with van der Waals surface area (Å²) in [5, 5.41) is 63.5. The Morgan fingerprint density at radius 1 is 0.796 bits per heavy atom. The molecule has 8 N–H and O–H groups in total. The van der Waals surface area contributed by atoms with E-state index in [0.717, 1.165) is 0 Å². The van der Waals surface area contributed by atoms with E-state index in [9.17, 15) is 40.2 Å². The zero-order chi connectivity index (χ0) is 36.6. The molecule has 1 fully saturated rings. The van der Waals surface area contributed by atoms with Crippen molar-refractivity contribution in [2.75, 3.05) is 106 Å². The van der Waals surface area contributed by atoms with Gasteiger partial charge in [-0.2, -0.15) is 0 Å². The normalized spacial score (nSPS) is 23.6. The Labute approximate surface area is 287 Å². The van der Waals surface area contributed by atoms with Gasteiger partial charge in [0.1, 0.15) is 36.5 Å². The minimum absolute atomic E-state index is 0.0681. The van der Waals surface area contributed by atoms with Gasteiger partial charge < -0.3 is 84.1 Å². The molecule has 0 bridgehead atoms. The number of ether oxygens (including phenoxy) is 8. The van der Waals surface area contributed by atoms with E-state index in [1.807, 2.05) is 11.9 Å². The number of hydrogen-bond acceptors (Lipinski definition) is 17. The van der Waals surface area contributed by atoms with Crippen LogP contribution in [0.3, 0.4) is 0 Å². The number of nitrogens with zero attached hydrogens (tertiary/aromatic N) is 1. The first-order valence-electron chi connectivity index (χ1n) is 16.4. The molecule has 0 aromatic rings. The van der Waals surface area contributed by atoms with Crippen LogP contribution in [0.25, 0.3) is 0 Å². The monoisotopic (exact) mass is 717 g/mol. The number of aliphatic hydroxyl groups excluding tert-OH is 6. The van der Waals surface area contributed by atoms with Gasteiger partial charge in [0.15, 0.2) is 12.6 Å². The highest BCUT2D eigenvalue weighted by atomic mass is 16.7. The van der Waals surface area contributed by atoms with E-state index in [-0.39, 0.29) is 26.4 Å². The fourth-order valence-corrected chi connectivity index (χ4v) is 4.45. The number of carbonyl (C=O) groups excluding carboxylic acids is 2. The van der Waals surface area contributed by atoms with Crippen LogP contribution >= 0.6 is 0 Å². The molecule has 0 radical (unpaired) electrons. The number of rotatable bonds is 29. The molecule has 290 valence electrons. The van der Waals surface area contributed by atoms with Crippen LogP contribution in [0, 0.1) is 0 Å². The summed E-state index contributed by atoms with van der Waals surface area (Å²) >= 11 is 0. The van der Waals surface area contributed by atoms with Crippen LogP contribution in [-0.4, -0.2) is 209 Å². The number of nitrogens with one attached hydrogen (secondary N) is 2. The molecule has 7 unspecified atom stereocenters. The maximum Gasteiger partial charge on any atom is 0.217 e. The van der Waals surface area contributed by atoms with Crippen LogP contribution in [0.1, 0.15) is 20.8 Å². The molecule has 0 spiro atoms. The summed E-state index contributed by atoms with van der Waals surface area (Å²) in [4.78, 5) is 25.0. The van der Waals surface area contributed by atoms with E-state index in [2.05, 4.69) is 10.6 Å². The van der Waals surface area contributed by atoms with Gasteiger partial charge >= 0.3 is 0 Å². The molecule has 1 saturated heterocycles. The van der Waals surface area contributed by atoms with Crippen LogP contribution in [-0.2, 0) is 47.5 Å². The van der Waals surface area contributed by atoms with Gasteiger partial charge in [0.2, 0.25) is 11.8 Å². The summed E-state index contributed by atoms with van der Waals surface area (Å²) in [7, 11) is 1.94. The second-order valence-electron chi connectivity index (χ2n) is 11.4. The molecule has 9 atom stereocenters. The molecule has 0 aromatic carbocycles. The summed E-state index contributed by atoms with van der Waals surface area (Å²) in [6, 6.07) is -1.91. The first-order valence-corrected chi connectivity index (χ1v) is 16.4. The van der Waals surface area contributed by atoms with Crippen molar-refractivity contribution in [3.63, 3.8) is 0 Å². The predicted molar refractivity (Wildman–Crippen MR) is 170 cm³/mol. The summed E-state index contributed by atoms with van der Waals surface area (Å²) < 4.78 is 44.4. The van der Waals surface area contributed by atoms with Gasteiger partial charge in [-0.15, -0.1) is 0 Å². The lowest BCUT2D eigenvalue weighted by Crippen LogP contribution is -2.64. The van der Waals surface area contributed by atoms with Crippen LogP contribution in [0.5, 0.6) is 0 Å². The van der Waals surface area contributed by atoms with E-state index in [1.165, 1.54) is 20.8 Å². The van der Waals surface area contributed by atoms with E-state index in [4.69, 9.17) is 37.9 Å². The average molecular weight is 718 g/mol. The summed E-state index contributed by atoms with van der Waals surface area (Å²) in [6.45, 7) is 6.70. The largest absolute Gasteiger partial charge is 0.394 e. The molecular formula is C30H59N3O16. The van der Waals surface area contributed by atoms with Crippen LogP contribution < -0.4 is 10.6 Å². The van der Waals surface area contributed by atoms with Gasteiger partial charge in [-0.25, -0.2) is 0 Å². The summed E-state index contributed by atoms with van der Waals surface area (Å²) in [5.41, 5.74) is 0. The molecular weight excluding hydrogens is 658 g/mol. The van der Waals surface area contributed by atoms with Crippen molar-refractivity contribution in [1.82, 2.24) is 15.5 Å². The molecule has 49 heavy (non-hydrogen) atoms. The Kier molecular flexibility index (Phi) is 25.0. The van der Waals surface area contributed by atoms with Gasteiger partial charge in [0.05, 0.1) is 92.0 Å². The Morgan fingerprint density at radius 2 is 1.35 bits per heavy atom. The second-order valence-corrected chi connectivity index (χ2v) is 11.4. The highest BCUT2D eigenvalue weighted by Crippen LogP contribution is 2.22. The maximum absolute atomic E-state index is 11.5. The summed E-state index contributed by atoms with van der Waals surface area (Å²) in [5.74, 6) is -0.834. The number of amides is 2. The number of likely N-dealkylation sites (N-methyl/N-ethyl adjacent to an activating group) is 1. The third-order valence-electron chi connectivity index (χ3n) is 7.19. The molecule has 1 aliphatic heterocycles. The molecule has 1 aliphatic rings. The minimum Gasteiger partial charge on any atom is -0.394 e. The van der Waals surface area contributed by atoms with E-state index in [1.54, 1.807) is 0 Å². The Bertz CT molecular complexity index is 862. The molecule has 0 saturated carbocycles. The van der Waals surface area contributed by atoms with Gasteiger partial charge in [-0.3, -0.25) is 9.59 Å². The van der Waals surface area contributed by atoms with Gasteiger partial charge in [-0.05, 0) is 14.0 Å². The average Bonchev–Trinajstić information content (AvgIpc) is 3.05. The highest BCUT2D eigenvalue weighted by molar-refractivity contribution is 5.73. The lowest BCUT2D eigenvalue weighted by molar-refractivity contribution is -0.272. The van der Waals surface area contributed by atoms with Crippen molar-refractivity contribution in [3.05, 3.63) is 0 Å². The Balaban J connectivity index is 2.10. The van der Waals surface area contributed by atoms with Crippen molar-refractivity contribution >= 4 is 11.8 Å². The lowest BCUT2D eigenvalue weighted by atomic mass is 9.97. The van der Waals surface area contributed by atoms with E-state index < -0.39 is 86.8 Å².